The summed E-state index contributed by atoms with van der Waals surface area (Å²) in [6.45, 7) is 5.08. The molecule has 6 nitrogen and oxygen atoms in total. The van der Waals surface area contributed by atoms with Crippen LogP contribution in [0.1, 0.15) is 25.8 Å². The summed E-state index contributed by atoms with van der Waals surface area (Å²) < 4.78 is 11.7. The highest BCUT2D eigenvalue weighted by molar-refractivity contribution is 5.78. The number of benzene rings is 1. The van der Waals surface area contributed by atoms with E-state index in [0.717, 1.165) is 12.0 Å². The molecule has 1 atom stereocenters. The molecular formula is C19H25N3O3. The molecule has 0 saturated heterocycles. The quantitative estimate of drug-likeness (QED) is 0.731. The first-order valence-electron chi connectivity index (χ1n) is 8.47. The van der Waals surface area contributed by atoms with Crippen LogP contribution < -0.4 is 20.5 Å². The number of hydrogen-bond acceptors (Lipinski definition) is 5. The zero-order chi connectivity index (χ0) is 18.1. The van der Waals surface area contributed by atoms with E-state index in [-0.39, 0.29) is 11.8 Å². The molecule has 0 aliphatic rings. The lowest BCUT2D eigenvalue weighted by atomic mass is 10.1. The first kappa shape index (κ1) is 18.7. The van der Waals surface area contributed by atoms with Gasteiger partial charge in [-0.1, -0.05) is 32.0 Å². The van der Waals surface area contributed by atoms with Crippen LogP contribution in [0.4, 0.5) is 0 Å². The summed E-state index contributed by atoms with van der Waals surface area (Å²) in [6.07, 6.45) is 2.56. The maximum atomic E-state index is 11.9. The fourth-order valence-corrected chi connectivity index (χ4v) is 2.08. The Morgan fingerprint density at radius 3 is 2.72 bits per heavy atom. The molecular weight excluding hydrogens is 318 g/mol. The number of hydrogen-bond donors (Lipinski definition) is 2. The third-order valence-electron chi connectivity index (χ3n) is 3.62. The number of carbonyl (C=O) groups excluding carboxylic acids is 1. The Morgan fingerprint density at radius 2 is 2.00 bits per heavy atom. The molecule has 3 N–H and O–H groups in total. The number of amides is 1. The lowest BCUT2D eigenvalue weighted by molar-refractivity contribution is -0.124. The molecule has 2 rings (SSSR count). The average molecular weight is 343 g/mol. The molecule has 0 saturated carbocycles. The molecule has 0 fully saturated rings. The van der Waals surface area contributed by atoms with Crippen LogP contribution in [0.3, 0.4) is 0 Å². The Hall–Kier alpha value is -2.60. The number of rotatable bonds is 9. The normalized spacial score (nSPS) is 11.6. The number of carbonyl (C=O) groups is 1. The van der Waals surface area contributed by atoms with Crippen molar-refractivity contribution in [1.82, 2.24) is 10.3 Å². The molecule has 25 heavy (non-hydrogen) atoms. The van der Waals surface area contributed by atoms with E-state index < -0.39 is 0 Å². The summed E-state index contributed by atoms with van der Waals surface area (Å²) in [5.41, 5.74) is 6.30. The zero-order valence-corrected chi connectivity index (χ0v) is 14.7. The van der Waals surface area contributed by atoms with Gasteiger partial charge in [-0.05, 0) is 24.6 Å². The Kier molecular flexibility index (Phi) is 7.22. The fraction of sp³-hybridized carbons (Fsp3) is 0.368. The van der Waals surface area contributed by atoms with E-state index in [1.807, 2.05) is 37.3 Å². The van der Waals surface area contributed by atoms with E-state index in [4.69, 9.17) is 15.2 Å². The van der Waals surface area contributed by atoms with Gasteiger partial charge in [-0.3, -0.25) is 4.79 Å². The van der Waals surface area contributed by atoms with Gasteiger partial charge >= 0.3 is 0 Å². The minimum Gasteiger partial charge on any atom is -0.490 e. The molecule has 6 heteroatoms. The summed E-state index contributed by atoms with van der Waals surface area (Å²) in [4.78, 5) is 16.2. The van der Waals surface area contributed by atoms with Gasteiger partial charge in [0.1, 0.15) is 0 Å². The molecule has 0 radical (unpaired) electrons. The van der Waals surface area contributed by atoms with Crippen molar-refractivity contribution in [2.45, 2.75) is 26.8 Å². The van der Waals surface area contributed by atoms with Crippen molar-refractivity contribution in [2.75, 3.05) is 13.2 Å². The molecule has 134 valence electrons. The van der Waals surface area contributed by atoms with Crippen LogP contribution in [0.15, 0.2) is 42.6 Å². The lowest BCUT2D eigenvalue weighted by Crippen LogP contribution is -2.32. The first-order valence-corrected chi connectivity index (χ1v) is 8.47. The van der Waals surface area contributed by atoms with Crippen molar-refractivity contribution in [2.24, 2.45) is 11.7 Å². The van der Waals surface area contributed by atoms with Gasteiger partial charge < -0.3 is 20.5 Å². The number of ether oxygens (including phenoxy) is 2. The van der Waals surface area contributed by atoms with Gasteiger partial charge in [0.2, 0.25) is 11.8 Å². The van der Waals surface area contributed by atoms with E-state index >= 15 is 0 Å². The lowest BCUT2D eigenvalue weighted by Gasteiger charge is -2.14. The van der Waals surface area contributed by atoms with Crippen LogP contribution in [-0.4, -0.2) is 24.0 Å². The summed E-state index contributed by atoms with van der Waals surface area (Å²) in [5.74, 6) is 1.38. The van der Waals surface area contributed by atoms with Crippen molar-refractivity contribution in [3.63, 3.8) is 0 Å². The van der Waals surface area contributed by atoms with E-state index in [9.17, 15) is 4.79 Å². The minimum atomic E-state index is -0.232. The van der Waals surface area contributed by atoms with Crippen LogP contribution in [0.2, 0.25) is 0 Å². The van der Waals surface area contributed by atoms with Crippen LogP contribution in [0, 0.1) is 5.92 Å². The van der Waals surface area contributed by atoms with Gasteiger partial charge in [0.15, 0.2) is 11.5 Å². The zero-order valence-electron chi connectivity index (χ0n) is 14.7. The van der Waals surface area contributed by atoms with E-state index in [1.165, 1.54) is 0 Å². The third kappa shape index (κ3) is 5.46. The van der Waals surface area contributed by atoms with Crippen molar-refractivity contribution < 1.29 is 14.3 Å². The Bertz CT molecular complexity index is 691. The molecule has 1 amide bonds. The molecule has 0 bridgehead atoms. The average Bonchev–Trinajstić information content (AvgIpc) is 2.65. The molecule has 0 aliphatic carbocycles. The summed E-state index contributed by atoms with van der Waals surface area (Å²) in [6, 6.07) is 11.1. The molecule has 1 aromatic heterocycles. The second-order valence-electron chi connectivity index (χ2n) is 5.72. The smallest absolute Gasteiger partial charge is 0.224 e. The van der Waals surface area contributed by atoms with Crippen LogP contribution >= 0.6 is 0 Å². The number of aromatic nitrogens is 1. The molecule has 1 aromatic carbocycles. The second kappa shape index (κ2) is 9.64. The van der Waals surface area contributed by atoms with E-state index in [2.05, 4.69) is 10.3 Å². The molecule has 0 spiro atoms. The minimum absolute atomic E-state index is 0.0935. The van der Waals surface area contributed by atoms with E-state index in [0.29, 0.717) is 37.1 Å². The van der Waals surface area contributed by atoms with E-state index in [1.54, 1.807) is 19.2 Å². The van der Waals surface area contributed by atoms with Crippen LogP contribution in [-0.2, 0) is 11.3 Å². The molecule has 1 heterocycles. The molecule has 1 unspecified atom stereocenters. The highest BCUT2D eigenvalue weighted by Gasteiger charge is 2.13. The van der Waals surface area contributed by atoms with Crippen molar-refractivity contribution in [3.8, 4) is 17.4 Å². The van der Waals surface area contributed by atoms with Gasteiger partial charge in [-0.15, -0.1) is 0 Å². The monoisotopic (exact) mass is 343 g/mol. The summed E-state index contributed by atoms with van der Waals surface area (Å²) in [7, 11) is 0. The largest absolute Gasteiger partial charge is 0.490 e. The maximum Gasteiger partial charge on any atom is 0.224 e. The predicted molar refractivity (Wildman–Crippen MR) is 96.6 cm³/mol. The second-order valence-corrected chi connectivity index (χ2v) is 5.72. The third-order valence-corrected chi connectivity index (χ3v) is 3.62. The van der Waals surface area contributed by atoms with Gasteiger partial charge in [-0.2, -0.15) is 0 Å². The Balaban J connectivity index is 2.12. The SMILES string of the molecule is CCCOc1ccccc1Oc1ncccc1CNC(=O)C(C)CN. The standard InChI is InChI=1S/C19H25N3O3/c1-3-11-24-16-8-4-5-9-17(16)25-19-15(7-6-10-21-19)13-22-18(23)14(2)12-20/h4-10,14H,3,11-13,20H2,1-2H3,(H,22,23). The number of nitrogens with one attached hydrogen (secondary N) is 1. The summed E-state index contributed by atoms with van der Waals surface area (Å²) >= 11 is 0. The first-order chi connectivity index (χ1) is 12.2. The van der Waals surface area contributed by atoms with Gasteiger partial charge in [-0.25, -0.2) is 4.98 Å². The van der Waals surface area contributed by atoms with Gasteiger partial charge in [0.25, 0.3) is 0 Å². The van der Waals surface area contributed by atoms with Crippen molar-refractivity contribution in [3.05, 3.63) is 48.2 Å². The fourth-order valence-electron chi connectivity index (χ4n) is 2.08. The topological polar surface area (TPSA) is 86.5 Å². The molecule has 2 aromatic rings. The number of nitrogens with two attached hydrogens (primary N) is 1. The Morgan fingerprint density at radius 1 is 1.24 bits per heavy atom. The number of pyridine rings is 1. The Labute approximate surface area is 148 Å². The van der Waals surface area contributed by atoms with Gasteiger partial charge in [0, 0.05) is 30.8 Å². The maximum absolute atomic E-state index is 11.9. The number of nitrogens with zero attached hydrogens (tertiary/aromatic N) is 1. The highest BCUT2D eigenvalue weighted by atomic mass is 16.5. The van der Waals surface area contributed by atoms with Crippen LogP contribution in [0.5, 0.6) is 17.4 Å². The van der Waals surface area contributed by atoms with Crippen LogP contribution in [0.25, 0.3) is 0 Å². The van der Waals surface area contributed by atoms with Crippen molar-refractivity contribution in [1.29, 1.82) is 0 Å². The number of para-hydroxylation sites is 2. The molecule has 0 aliphatic heterocycles. The predicted octanol–water partition coefficient (Wildman–Crippen LogP) is 2.87. The highest BCUT2D eigenvalue weighted by Crippen LogP contribution is 2.31. The van der Waals surface area contributed by atoms with Gasteiger partial charge in [0.05, 0.1) is 6.61 Å². The van der Waals surface area contributed by atoms with Crippen molar-refractivity contribution >= 4 is 5.91 Å². The summed E-state index contributed by atoms with van der Waals surface area (Å²) in [5, 5.41) is 2.85.